The largest absolute Gasteiger partial charge is 0.424 e. The molecule has 2 aromatic carbocycles. The van der Waals surface area contributed by atoms with Crippen LogP contribution in [0.25, 0.3) is 33.4 Å². The third-order valence-electron chi connectivity index (χ3n) is 11.1. The number of nitrogen functional groups attached to an aromatic ring is 2. The third-order valence-corrected chi connectivity index (χ3v) is 11.1. The molecule has 0 spiro atoms. The van der Waals surface area contributed by atoms with Gasteiger partial charge in [0.25, 0.3) is 6.01 Å². The molecule has 6 rings (SSSR count). The van der Waals surface area contributed by atoms with Crippen molar-refractivity contribution in [2.75, 3.05) is 137 Å². The summed E-state index contributed by atoms with van der Waals surface area (Å²) >= 11 is 0. The van der Waals surface area contributed by atoms with E-state index in [1.165, 1.54) is 23.9 Å². The van der Waals surface area contributed by atoms with Gasteiger partial charge in [-0.2, -0.15) is 10.1 Å². The summed E-state index contributed by atoms with van der Waals surface area (Å²) in [6.45, 7) is 22.4. The Kier molecular flexibility index (Phi) is 28.0. The molecule has 394 valence electrons. The van der Waals surface area contributed by atoms with Crippen LogP contribution in [-0.2, 0) is 67.0 Å². The molecule has 3 aromatic heterocycles. The van der Waals surface area contributed by atoms with Crippen molar-refractivity contribution in [2.45, 2.75) is 79.8 Å². The summed E-state index contributed by atoms with van der Waals surface area (Å²) in [5.74, 6) is 0.568. The van der Waals surface area contributed by atoms with Crippen LogP contribution in [0.15, 0.2) is 47.1 Å². The second-order valence-corrected chi connectivity index (χ2v) is 16.3. The molecular weight excluding hydrogens is 915 g/mol. The van der Waals surface area contributed by atoms with Gasteiger partial charge in [-0.1, -0.05) is 31.5 Å². The minimum absolute atomic E-state index is 0.0787. The SMILES string of the molecule is CCCCOCCOCCOCC.CCOCCC(=O)N1CCc2cc(Cn3nc(-c4ccc5oc(N)nc5c4)c4c(N)ncnc43)ccc2C1.CCOCCOCCOCCN(C)C(=O)CCOCC. The van der Waals surface area contributed by atoms with Crippen LogP contribution in [0.4, 0.5) is 11.8 Å². The molecule has 4 N–H and O–H groups in total. The summed E-state index contributed by atoms with van der Waals surface area (Å²) in [6, 6.07) is 12.1. The minimum Gasteiger partial charge on any atom is -0.424 e. The van der Waals surface area contributed by atoms with E-state index in [0.717, 1.165) is 37.2 Å². The number of likely N-dealkylation sites (N-methyl/N-ethyl adjacent to an activating group) is 1. The number of hydrogen-bond acceptors (Lipinski definition) is 17. The Morgan fingerprint density at radius 1 is 0.704 bits per heavy atom. The molecule has 2 amide bonds. The number of unbranched alkanes of at least 4 members (excludes halogenated alkanes) is 1. The number of amides is 2. The van der Waals surface area contributed by atoms with Gasteiger partial charge in [-0.3, -0.25) is 9.59 Å². The highest BCUT2D eigenvalue weighted by Crippen LogP contribution is 2.33. The topological polar surface area (TPSA) is 236 Å². The van der Waals surface area contributed by atoms with Crippen molar-refractivity contribution in [3.8, 4) is 11.3 Å². The number of anilines is 2. The lowest BCUT2D eigenvalue weighted by molar-refractivity contribution is -0.133. The third kappa shape index (κ3) is 20.7. The summed E-state index contributed by atoms with van der Waals surface area (Å²) in [5.41, 5.74) is 18.9. The van der Waals surface area contributed by atoms with E-state index < -0.39 is 0 Å². The molecule has 4 heterocycles. The molecule has 1 aliphatic rings. The zero-order valence-electron chi connectivity index (χ0n) is 43.0. The summed E-state index contributed by atoms with van der Waals surface area (Å²) in [7, 11) is 1.77. The Hall–Kier alpha value is -5.32. The van der Waals surface area contributed by atoms with Gasteiger partial charge < -0.3 is 63.6 Å². The molecular formula is C51H79N9O11. The van der Waals surface area contributed by atoms with E-state index in [1.807, 2.05) is 55.5 Å². The number of hydrogen-bond donors (Lipinski definition) is 2. The van der Waals surface area contributed by atoms with Gasteiger partial charge >= 0.3 is 0 Å². The fraction of sp³-hybridized carbons (Fsp3) is 0.608. The lowest BCUT2D eigenvalue weighted by Gasteiger charge is -2.29. The maximum atomic E-state index is 12.5. The normalized spacial score (nSPS) is 12.1. The number of carbonyl (C=O) groups is 2. The average Bonchev–Trinajstić information content (AvgIpc) is 3.95. The van der Waals surface area contributed by atoms with Crippen molar-refractivity contribution in [2.24, 2.45) is 0 Å². The average molecular weight is 994 g/mol. The summed E-state index contributed by atoms with van der Waals surface area (Å²) < 4.78 is 49.3. The summed E-state index contributed by atoms with van der Waals surface area (Å²) in [4.78, 5) is 40.7. The first kappa shape index (κ1) is 58.3. The van der Waals surface area contributed by atoms with E-state index in [-0.39, 0.29) is 17.8 Å². The fourth-order valence-electron chi connectivity index (χ4n) is 7.22. The Labute approximate surface area is 418 Å². The molecule has 71 heavy (non-hydrogen) atoms. The maximum absolute atomic E-state index is 12.5. The van der Waals surface area contributed by atoms with E-state index >= 15 is 0 Å². The summed E-state index contributed by atoms with van der Waals surface area (Å²) in [5, 5.41) is 5.57. The van der Waals surface area contributed by atoms with E-state index in [1.54, 1.807) is 11.9 Å². The first-order valence-corrected chi connectivity index (χ1v) is 25.0. The van der Waals surface area contributed by atoms with Crippen LogP contribution in [0, 0.1) is 0 Å². The second-order valence-electron chi connectivity index (χ2n) is 16.3. The van der Waals surface area contributed by atoms with E-state index in [2.05, 4.69) is 40.1 Å². The van der Waals surface area contributed by atoms with E-state index in [4.69, 9.17) is 58.9 Å². The van der Waals surface area contributed by atoms with Crippen molar-refractivity contribution in [3.63, 3.8) is 0 Å². The number of aromatic nitrogens is 5. The van der Waals surface area contributed by atoms with Gasteiger partial charge in [-0.25, -0.2) is 14.6 Å². The maximum Gasteiger partial charge on any atom is 0.292 e. The molecule has 20 heteroatoms. The van der Waals surface area contributed by atoms with Crippen LogP contribution in [-0.4, -0.2) is 172 Å². The first-order valence-electron chi connectivity index (χ1n) is 25.0. The highest BCUT2D eigenvalue weighted by atomic mass is 16.5. The zero-order chi connectivity index (χ0) is 51.1. The van der Waals surface area contributed by atoms with E-state index in [9.17, 15) is 9.59 Å². The number of fused-ring (bicyclic) bond motifs is 3. The van der Waals surface area contributed by atoms with Gasteiger partial charge in [0.2, 0.25) is 11.8 Å². The molecule has 1 aliphatic heterocycles. The highest BCUT2D eigenvalue weighted by molar-refractivity contribution is 5.99. The number of nitrogens with zero attached hydrogens (tertiary/aromatic N) is 7. The molecule has 0 unspecified atom stereocenters. The first-order chi connectivity index (χ1) is 34.6. The molecule has 0 saturated carbocycles. The van der Waals surface area contributed by atoms with Crippen LogP contribution in [0.5, 0.6) is 0 Å². The van der Waals surface area contributed by atoms with Crippen molar-refractivity contribution in [1.29, 1.82) is 0 Å². The highest BCUT2D eigenvalue weighted by Gasteiger charge is 2.22. The number of oxazole rings is 1. The predicted molar refractivity (Wildman–Crippen MR) is 273 cm³/mol. The fourth-order valence-corrected chi connectivity index (χ4v) is 7.22. The van der Waals surface area contributed by atoms with Crippen molar-refractivity contribution < 1.29 is 51.9 Å². The van der Waals surface area contributed by atoms with Crippen molar-refractivity contribution in [3.05, 3.63) is 59.4 Å². The monoisotopic (exact) mass is 994 g/mol. The van der Waals surface area contributed by atoms with Crippen LogP contribution >= 0.6 is 0 Å². The van der Waals surface area contributed by atoms with Crippen LogP contribution in [0.2, 0.25) is 0 Å². The number of ether oxygens (including phenoxy) is 8. The predicted octanol–water partition coefficient (Wildman–Crippen LogP) is 5.96. The van der Waals surface area contributed by atoms with Crippen molar-refractivity contribution >= 4 is 45.8 Å². The van der Waals surface area contributed by atoms with Crippen LogP contribution in [0.1, 0.15) is 77.0 Å². The van der Waals surface area contributed by atoms with Gasteiger partial charge in [0.15, 0.2) is 11.2 Å². The molecule has 0 bridgehead atoms. The smallest absolute Gasteiger partial charge is 0.292 e. The van der Waals surface area contributed by atoms with Crippen LogP contribution in [0.3, 0.4) is 0 Å². The second kappa shape index (κ2) is 34.1. The molecule has 0 aliphatic carbocycles. The Morgan fingerprint density at radius 2 is 1.32 bits per heavy atom. The number of carbonyl (C=O) groups excluding carboxylic acids is 2. The summed E-state index contributed by atoms with van der Waals surface area (Å²) in [6.07, 6.45) is 5.42. The molecule has 0 saturated heterocycles. The number of benzene rings is 2. The Balaban J connectivity index is 0.000000279. The Bertz CT molecular complexity index is 2260. The minimum atomic E-state index is 0.0787. The van der Waals surface area contributed by atoms with Gasteiger partial charge in [0, 0.05) is 65.3 Å². The number of rotatable bonds is 31. The zero-order valence-corrected chi connectivity index (χ0v) is 43.0. The van der Waals surface area contributed by atoms with Crippen LogP contribution < -0.4 is 11.5 Å². The molecule has 0 atom stereocenters. The standard InChI is InChI=1S/C27H28N8O3.C14H29NO5.C10H22O3/c1-2-37-10-8-22(36)34-9-7-17-11-16(3-4-19(17)14-34)13-35-26-23(25(28)30-15-31-26)24(33-35)18-5-6-21-20(12-18)32-27(29)38-21;1-4-17-8-6-14(16)15(3)7-9-19-12-13-20-11-10-18-5-2;1-3-5-6-12-9-10-13-8-7-11-4-2/h3-6,11-12,15H,2,7-10,13-14H2,1H3,(H2,29,32)(H2,28,30,31);4-13H2,1-3H3;3-10H2,1-2H3. The number of nitrogens with two attached hydrogens (primary N) is 2. The molecule has 20 nitrogen and oxygen atoms in total. The lowest BCUT2D eigenvalue weighted by Crippen LogP contribution is -2.36. The molecule has 5 aromatic rings. The quantitative estimate of drug-likeness (QED) is 0.0488. The molecule has 0 radical (unpaired) electrons. The van der Waals surface area contributed by atoms with Crippen molar-refractivity contribution in [1.82, 2.24) is 34.5 Å². The van der Waals surface area contributed by atoms with E-state index in [0.29, 0.717) is 165 Å². The van der Waals surface area contributed by atoms with Gasteiger partial charge in [-0.05, 0) is 75.4 Å². The molecule has 0 fully saturated rings. The Morgan fingerprint density at radius 3 is 1.99 bits per heavy atom. The lowest BCUT2D eigenvalue weighted by atomic mass is 9.97. The van der Waals surface area contributed by atoms with Gasteiger partial charge in [-0.15, -0.1) is 0 Å². The van der Waals surface area contributed by atoms with Gasteiger partial charge in [0.05, 0.1) is 97.4 Å². The van der Waals surface area contributed by atoms with Gasteiger partial charge in [0.1, 0.15) is 23.4 Å².